The second kappa shape index (κ2) is 6.28. The maximum Gasteiger partial charge on any atom is -0.0234 e. The highest BCUT2D eigenvalue weighted by Gasteiger charge is 2.08. The van der Waals surface area contributed by atoms with E-state index >= 15 is 0 Å². The molecular weight excluding hydrogens is 144 g/mol. The van der Waals surface area contributed by atoms with Crippen molar-refractivity contribution in [3.63, 3.8) is 0 Å². The van der Waals surface area contributed by atoms with E-state index < -0.39 is 0 Å². The molecule has 0 aromatic carbocycles. The first kappa shape index (κ1) is 11.7. The van der Waals surface area contributed by atoms with Crippen LogP contribution in [0, 0.1) is 18.8 Å². The SMILES string of the molecule is [CH2]CC(C)CC(=C)C(C)CCC. The second-order valence-corrected chi connectivity index (χ2v) is 3.95. The molecule has 1 radical (unpaired) electrons. The first-order chi connectivity index (χ1) is 5.61. The predicted octanol–water partition coefficient (Wildman–Crippen LogP) is 4.23. The molecule has 0 aliphatic heterocycles. The highest BCUT2D eigenvalue weighted by molar-refractivity contribution is 4.99. The van der Waals surface area contributed by atoms with E-state index in [1.165, 1.54) is 18.4 Å². The van der Waals surface area contributed by atoms with Gasteiger partial charge in [0.15, 0.2) is 0 Å². The first-order valence-electron chi connectivity index (χ1n) is 5.08. The molecule has 12 heavy (non-hydrogen) atoms. The van der Waals surface area contributed by atoms with Crippen molar-refractivity contribution in [3.05, 3.63) is 19.1 Å². The fourth-order valence-corrected chi connectivity index (χ4v) is 1.39. The van der Waals surface area contributed by atoms with Gasteiger partial charge in [0.05, 0.1) is 0 Å². The van der Waals surface area contributed by atoms with Gasteiger partial charge in [-0.05, 0) is 24.7 Å². The van der Waals surface area contributed by atoms with Gasteiger partial charge in [0.1, 0.15) is 0 Å². The lowest BCUT2D eigenvalue weighted by molar-refractivity contribution is 0.512. The molecular formula is C12H23. The topological polar surface area (TPSA) is 0 Å². The number of allylic oxidation sites excluding steroid dienone is 1. The molecule has 0 heteroatoms. The number of hydrogen-bond acceptors (Lipinski definition) is 0. The zero-order chi connectivity index (χ0) is 9.56. The molecule has 0 aliphatic rings. The Morgan fingerprint density at radius 1 is 1.33 bits per heavy atom. The van der Waals surface area contributed by atoms with Gasteiger partial charge in [-0.3, -0.25) is 0 Å². The Hall–Kier alpha value is -0.260. The molecule has 0 aromatic rings. The minimum Gasteiger partial charge on any atom is -0.0996 e. The molecule has 0 saturated carbocycles. The summed E-state index contributed by atoms with van der Waals surface area (Å²) in [6.45, 7) is 14.8. The summed E-state index contributed by atoms with van der Waals surface area (Å²) >= 11 is 0. The maximum atomic E-state index is 4.13. The van der Waals surface area contributed by atoms with Crippen LogP contribution in [-0.2, 0) is 0 Å². The van der Waals surface area contributed by atoms with E-state index in [-0.39, 0.29) is 0 Å². The number of rotatable bonds is 6. The monoisotopic (exact) mass is 167 g/mol. The summed E-state index contributed by atoms with van der Waals surface area (Å²) in [7, 11) is 0. The lowest BCUT2D eigenvalue weighted by Crippen LogP contribution is -2.02. The van der Waals surface area contributed by atoms with Crippen molar-refractivity contribution >= 4 is 0 Å². The van der Waals surface area contributed by atoms with Crippen molar-refractivity contribution in [1.29, 1.82) is 0 Å². The third kappa shape index (κ3) is 4.58. The van der Waals surface area contributed by atoms with Gasteiger partial charge in [0.25, 0.3) is 0 Å². The molecule has 0 N–H and O–H groups in total. The third-order valence-corrected chi connectivity index (χ3v) is 2.52. The van der Waals surface area contributed by atoms with Crippen molar-refractivity contribution in [3.8, 4) is 0 Å². The highest BCUT2D eigenvalue weighted by atomic mass is 14.1. The van der Waals surface area contributed by atoms with E-state index in [0.29, 0.717) is 11.8 Å². The maximum absolute atomic E-state index is 4.13. The molecule has 0 spiro atoms. The molecule has 71 valence electrons. The Morgan fingerprint density at radius 3 is 2.33 bits per heavy atom. The van der Waals surface area contributed by atoms with Gasteiger partial charge in [-0.1, -0.05) is 52.7 Å². The van der Waals surface area contributed by atoms with Gasteiger partial charge < -0.3 is 0 Å². The van der Waals surface area contributed by atoms with Crippen LogP contribution in [0.3, 0.4) is 0 Å². The fourth-order valence-electron chi connectivity index (χ4n) is 1.39. The molecule has 0 aromatic heterocycles. The van der Waals surface area contributed by atoms with Gasteiger partial charge in [0, 0.05) is 0 Å². The van der Waals surface area contributed by atoms with Gasteiger partial charge in [-0.25, -0.2) is 0 Å². The van der Waals surface area contributed by atoms with Crippen LogP contribution in [0.4, 0.5) is 0 Å². The Balaban J connectivity index is 3.70. The molecule has 0 heterocycles. The smallest absolute Gasteiger partial charge is 0.0234 e. The van der Waals surface area contributed by atoms with E-state index in [2.05, 4.69) is 34.3 Å². The third-order valence-electron chi connectivity index (χ3n) is 2.52. The van der Waals surface area contributed by atoms with E-state index in [0.717, 1.165) is 12.8 Å². The lowest BCUT2D eigenvalue weighted by atomic mass is 9.89. The van der Waals surface area contributed by atoms with Crippen LogP contribution in [0.1, 0.15) is 46.5 Å². The van der Waals surface area contributed by atoms with Gasteiger partial charge in [-0.2, -0.15) is 0 Å². The average Bonchev–Trinajstić information content (AvgIpc) is 2.04. The summed E-state index contributed by atoms with van der Waals surface area (Å²) in [6.07, 6.45) is 4.73. The fraction of sp³-hybridized carbons (Fsp3) is 0.750. The van der Waals surface area contributed by atoms with Crippen LogP contribution in [0.25, 0.3) is 0 Å². The van der Waals surface area contributed by atoms with Crippen molar-refractivity contribution in [2.75, 3.05) is 0 Å². The largest absolute Gasteiger partial charge is 0.0996 e. The normalized spacial score (nSPS) is 15.7. The summed E-state index contributed by atoms with van der Waals surface area (Å²) in [5.74, 6) is 1.40. The minimum absolute atomic E-state index is 0.698. The quantitative estimate of drug-likeness (QED) is 0.519. The average molecular weight is 167 g/mol. The summed E-state index contributed by atoms with van der Waals surface area (Å²) in [4.78, 5) is 0. The minimum atomic E-state index is 0.698. The van der Waals surface area contributed by atoms with Crippen molar-refractivity contribution in [2.45, 2.75) is 46.5 Å². The lowest BCUT2D eigenvalue weighted by Gasteiger charge is -2.16. The van der Waals surface area contributed by atoms with Crippen molar-refractivity contribution in [2.24, 2.45) is 11.8 Å². The molecule has 0 aliphatic carbocycles. The van der Waals surface area contributed by atoms with Crippen LogP contribution in [0.15, 0.2) is 12.2 Å². The molecule has 0 amide bonds. The van der Waals surface area contributed by atoms with Crippen LogP contribution in [-0.4, -0.2) is 0 Å². The summed E-state index contributed by atoms with van der Waals surface area (Å²) < 4.78 is 0. The summed E-state index contributed by atoms with van der Waals surface area (Å²) in [6, 6.07) is 0. The second-order valence-electron chi connectivity index (χ2n) is 3.95. The Labute approximate surface area is 78.1 Å². The predicted molar refractivity (Wildman–Crippen MR) is 57.0 cm³/mol. The van der Waals surface area contributed by atoms with E-state index in [4.69, 9.17) is 0 Å². The Kier molecular flexibility index (Phi) is 6.14. The molecule has 2 unspecified atom stereocenters. The van der Waals surface area contributed by atoms with E-state index in [1.54, 1.807) is 0 Å². The number of hydrogen-bond donors (Lipinski definition) is 0. The molecule has 2 atom stereocenters. The van der Waals surface area contributed by atoms with Crippen molar-refractivity contribution < 1.29 is 0 Å². The van der Waals surface area contributed by atoms with Crippen LogP contribution < -0.4 is 0 Å². The van der Waals surface area contributed by atoms with Gasteiger partial charge >= 0.3 is 0 Å². The zero-order valence-corrected chi connectivity index (χ0v) is 8.90. The Morgan fingerprint density at radius 2 is 1.92 bits per heavy atom. The molecule has 0 nitrogen and oxygen atoms in total. The molecule has 0 saturated heterocycles. The Bertz CT molecular complexity index is 124. The van der Waals surface area contributed by atoms with Crippen molar-refractivity contribution in [1.82, 2.24) is 0 Å². The van der Waals surface area contributed by atoms with Gasteiger partial charge in [0.2, 0.25) is 0 Å². The summed E-state index contributed by atoms with van der Waals surface area (Å²) in [5, 5.41) is 0. The molecule has 0 bridgehead atoms. The molecule has 0 fully saturated rings. The highest BCUT2D eigenvalue weighted by Crippen LogP contribution is 2.22. The van der Waals surface area contributed by atoms with Crippen LogP contribution >= 0.6 is 0 Å². The zero-order valence-electron chi connectivity index (χ0n) is 8.90. The van der Waals surface area contributed by atoms with Crippen LogP contribution in [0.2, 0.25) is 0 Å². The van der Waals surface area contributed by atoms with E-state index in [1.807, 2.05) is 0 Å². The first-order valence-corrected chi connectivity index (χ1v) is 5.08. The van der Waals surface area contributed by atoms with Crippen LogP contribution in [0.5, 0.6) is 0 Å². The summed E-state index contributed by atoms with van der Waals surface area (Å²) in [5.41, 5.74) is 1.41. The molecule has 0 rings (SSSR count). The van der Waals surface area contributed by atoms with Gasteiger partial charge in [-0.15, -0.1) is 0 Å². The standard InChI is InChI=1S/C12H23/c1-6-8-11(4)12(5)9-10(3)7-2/h10-11H,2,5-9H2,1,3-4H3. The van der Waals surface area contributed by atoms with E-state index in [9.17, 15) is 0 Å².